The summed E-state index contributed by atoms with van der Waals surface area (Å²) in [6.07, 6.45) is 2.59. The van der Waals surface area contributed by atoms with Gasteiger partial charge in [0.15, 0.2) is 0 Å². The lowest BCUT2D eigenvalue weighted by atomic mass is 10.1. The topological polar surface area (TPSA) is 52.6 Å². The Morgan fingerprint density at radius 2 is 1.43 bits per heavy atom. The van der Waals surface area contributed by atoms with Gasteiger partial charge in [0.25, 0.3) is 0 Å². The van der Waals surface area contributed by atoms with Crippen molar-refractivity contribution in [1.29, 1.82) is 0 Å². The van der Waals surface area contributed by atoms with Crippen LogP contribution in [0.15, 0.2) is 65.6 Å². The van der Waals surface area contributed by atoms with Gasteiger partial charge in [0, 0.05) is 0 Å². The fourth-order valence-corrected chi connectivity index (χ4v) is 2.62. The second-order valence-electron chi connectivity index (χ2n) is 4.60. The van der Waals surface area contributed by atoms with Crippen LogP contribution in [0.4, 0.5) is 0 Å². The molecule has 0 radical (unpaired) electrons. The highest BCUT2D eigenvalue weighted by molar-refractivity contribution is 7.86. The molecule has 0 saturated heterocycles. The summed E-state index contributed by atoms with van der Waals surface area (Å²) in [4.78, 5) is 4.89. The molecule has 0 aromatic heterocycles. The quantitative estimate of drug-likeness (QED) is 0.426. The van der Waals surface area contributed by atoms with Crippen LogP contribution in [0.2, 0.25) is 0 Å². The molecule has 0 unspecified atom stereocenters. The van der Waals surface area contributed by atoms with Crippen molar-refractivity contribution >= 4 is 10.1 Å². The fraction of sp³-hybridized carbons (Fsp3) is 0.250. The Kier molecular flexibility index (Phi) is 5.92. The summed E-state index contributed by atoms with van der Waals surface area (Å²) in [5.41, 5.74) is 1.26. The molecule has 2 aromatic rings. The zero-order chi connectivity index (χ0) is 15.0. The molecule has 0 fully saturated rings. The first-order chi connectivity index (χ1) is 10.2. The molecule has 0 N–H and O–H groups in total. The summed E-state index contributed by atoms with van der Waals surface area (Å²) in [6, 6.07) is 18.1. The third kappa shape index (κ3) is 5.30. The third-order valence-electron chi connectivity index (χ3n) is 2.96. The van der Waals surface area contributed by atoms with E-state index in [0.717, 1.165) is 19.3 Å². The highest BCUT2D eigenvalue weighted by atomic mass is 32.2. The molecule has 0 saturated carbocycles. The lowest BCUT2D eigenvalue weighted by Crippen LogP contribution is -2.08. The van der Waals surface area contributed by atoms with Gasteiger partial charge in [0.05, 0.1) is 11.5 Å². The van der Waals surface area contributed by atoms with Crippen LogP contribution in [0.25, 0.3) is 0 Å². The van der Waals surface area contributed by atoms with E-state index in [9.17, 15) is 8.42 Å². The summed E-state index contributed by atoms with van der Waals surface area (Å²) in [6.45, 7) is 0.249. The minimum atomic E-state index is -3.82. The molecular weight excluding hydrogens is 288 g/mol. The van der Waals surface area contributed by atoms with Crippen LogP contribution in [0, 0.1) is 0 Å². The Morgan fingerprint density at radius 3 is 2.10 bits per heavy atom. The number of rotatable bonds is 8. The average Bonchev–Trinajstić information content (AvgIpc) is 2.52. The molecule has 5 heteroatoms. The number of hydrogen-bond donors (Lipinski definition) is 0. The molecule has 0 aliphatic heterocycles. The van der Waals surface area contributed by atoms with Crippen LogP contribution in [-0.4, -0.2) is 15.0 Å². The monoisotopic (exact) mass is 306 g/mol. The second kappa shape index (κ2) is 7.93. The first-order valence-electron chi connectivity index (χ1n) is 6.83. The zero-order valence-electron chi connectivity index (χ0n) is 11.6. The van der Waals surface area contributed by atoms with Gasteiger partial charge in [-0.05, 0) is 37.0 Å². The van der Waals surface area contributed by atoms with Gasteiger partial charge < -0.3 is 0 Å². The third-order valence-corrected chi connectivity index (χ3v) is 4.08. The van der Waals surface area contributed by atoms with Gasteiger partial charge >= 0.3 is 10.1 Å². The highest BCUT2D eigenvalue weighted by Crippen LogP contribution is 2.12. The van der Waals surface area contributed by atoms with Gasteiger partial charge in [-0.25, -0.2) is 4.89 Å². The first-order valence-corrected chi connectivity index (χ1v) is 8.24. The maximum absolute atomic E-state index is 11.7. The van der Waals surface area contributed by atoms with Gasteiger partial charge in [-0.1, -0.05) is 48.5 Å². The fourth-order valence-electron chi connectivity index (χ4n) is 1.86. The number of aryl methyl sites for hydroxylation is 1. The lowest BCUT2D eigenvalue weighted by molar-refractivity contribution is -0.202. The summed E-state index contributed by atoms with van der Waals surface area (Å²) in [7, 11) is -3.82. The van der Waals surface area contributed by atoms with Crippen LogP contribution in [0.1, 0.15) is 18.4 Å². The Balaban J connectivity index is 1.66. The number of hydrogen-bond acceptors (Lipinski definition) is 4. The van der Waals surface area contributed by atoms with Crippen molar-refractivity contribution in [1.82, 2.24) is 0 Å². The minimum absolute atomic E-state index is 0.0919. The summed E-state index contributed by atoms with van der Waals surface area (Å²) >= 11 is 0. The normalized spacial score (nSPS) is 11.4. The minimum Gasteiger partial charge on any atom is -0.220 e. The molecule has 21 heavy (non-hydrogen) atoms. The van der Waals surface area contributed by atoms with E-state index >= 15 is 0 Å². The van der Waals surface area contributed by atoms with Crippen molar-refractivity contribution in [3.05, 3.63) is 66.2 Å². The smallest absolute Gasteiger partial charge is 0.220 e. The Hall–Kier alpha value is -1.69. The first kappa shape index (κ1) is 15.7. The van der Waals surface area contributed by atoms with E-state index in [-0.39, 0.29) is 11.5 Å². The molecule has 0 aliphatic rings. The maximum atomic E-state index is 11.7. The summed E-state index contributed by atoms with van der Waals surface area (Å²) in [5.74, 6) is 0. The van der Waals surface area contributed by atoms with Crippen LogP contribution >= 0.6 is 0 Å². The summed E-state index contributed by atoms with van der Waals surface area (Å²) in [5, 5.41) is 0. The van der Waals surface area contributed by atoms with E-state index in [1.165, 1.54) is 17.7 Å². The molecule has 112 valence electrons. The number of benzene rings is 2. The molecule has 0 bridgehead atoms. The Morgan fingerprint density at radius 1 is 0.810 bits per heavy atom. The largest absolute Gasteiger partial charge is 0.323 e. The lowest BCUT2D eigenvalue weighted by Gasteiger charge is -2.05. The molecule has 2 rings (SSSR count). The predicted molar refractivity (Wildman–Crippen MR) is 80.0 cm³/mol. The van der Waals surface area contributed by atoms with Gasteiger partial charge in [-0.2, -0.15) is 8.42 Å². The van der Waals surface area contributed by atoms with Crippen molar-refractivity contribution in [3.63, 3.8) is 0 Å². The van der Waals surface area contributed by atoms with E-state index in [0.29, 0.717) is 0 Å². The van der Waals surface area contributed by atoms with Crippen molar-refractivity contribution in [3.8, 4) is 0 Å². The van der Waals surface area contributed by atoms with Crippen LogP contribution < -0.4 is 0 Å². The standard InChI is InChI=1S/C16H18O4S/c17-21(18,16-12-5-2-6-13-16)20-19-14-8-7-11-15-9-3-1-4-10-15/h1-6,9-10,12-13H,7-8,11,14H2. The van der Waals surface area contributed by atoms with Gasteiger partial charge in [-0.15, -0.1) is 4.33 Å². The predicted octanol–water partition coefficient (Wildman–Crippen LogP) is 3.35. The molecule has 0 amide bonds. The van der Waals surface area contributed by atoms with Crippen LogP contribution in [-0.2, 0) is 25.8 Å². The van der Waals surface area contributed by atoms with Crippen LogP contribution in [0.5, 0.6) is 0 Å². The van der Waals surface area contributed by atoms with Gasteiger partial charge in [-0.3, -0.25) is 0 Å². The molecule has 0 spiro atoms. The summed E-state index contributed by atoms with van der Waals surface area (Å²) < 4.78 is 28.0. The SMILES string of the molecule is O=S(=O)(OOCCCCc1ccccc1)c1ccccc1. The van der Waals surface area contributed by atoms with E-state index in [1.54, 1.807) is 18.2 Å². The van der Waals surface area contributed by atoms with Crippen molar-refractivity contribution in [2.75, 3.05) is 6.61 Å². The van der Waals surface area contributed by atoms with E-state index in [4.69, 9.17) is 4.89 Å². The number of unbranched alkanes of at least 4 members (excludes halogenated alkanes) is 1. The molecule has 0 heterocycles. The Bertz CT molecular complexity index is 624. The van der Waals surface area contributed by atoms with Gasteiger partial charge in [0.1, 0.15) is 0 Å². The van der Waals surface area contributed by atoms with Crippen molar-refractivity contribution in [2.45, 2.75) is 24.2 Å². The maximum Gasteiger partial charge on any atom is 0.323 e. The molecule has 0 aliphatic carbocycles. The second-order valence-corrected chi connectivity index (χ2v) is 6.12. The average molecular weight is 306 g/mol. The molecule has 4 nitrogen and oxygen atoms in total. The molecule has 2 aromatic carbocycles. The van der Waals surface area contributed by atoms with E-state index in [1.807, 2.05) is 18.2 Å². The zero-order valence-corrected chi connectivity index (χ0v) is 12.5. The molecule has 0 atom stereocenters. The van der Waals surface area contributed by atoms with Crippen molar-refractivity contribution < 1.29 is 17.6 Å². The van der Waals surface area contributed by atoms with Crippen LogP contribution in [0.3, 0.4) is 0 Å². The highest BCUT2D eigenvalue weighted by Gasteiger charge is 2.15. The van der Waals surface area contributed by atoms with E-state index in [2.05, 4.69) is 16.5 Å². The van der Waals surface area contributed by atoms with Crippen molar-refractivity contribution in [2.24, 2.45) is 0 Å². The van der Waals surface area contributed by atoms with Gasteiger partial charge in [0.2, 0.25) is 0 Å². The van der Waals surface area contributed by atoms with E-state index < -0.39 is 10.1 Å². The Labute approximate surface area is 125 Å². The molecular formula is C16H18O4S.